The predicted octanol–water partition coefficient (Wildman–Crippen LogP) is 2.28. The van der Waals surface area contributed by atoms with Crippen LogP contribution >= 0.6 is 0 Å². The van der Waals surface area contributed by atoms with Crippen molar-refractivity contribution in [2.45, 2.75) is 12.6 Å². The number of carbonyl (C=O) groups is 1. The second kappa shape index (κ2) is 7.11. The van der Waals surface area contributed by atoms with E-state index in [2.05, 4.69) is 22.2 Å². The third kappa shape index (κ3) is 4.99. The molecule has 7 heteroatoms. The number of hydrogen-bond acceptors (Lipinski definition) is 3. The van der Waals surface area contributed by atoms with Gasteiger partial charge in [-0.3, -0.25) is 4.79 Å². The van der Waals surface area contributed by atoms with Crippen LogP contribution in [0, 0.1) is 0 Å². The van der Waals surface area contributed by atoms with Crippen molar-refractivity contribution in [3.05, 3.63) is 29.8 Å². The van der Waals surface area contributed by atoms with Crippen molar-refractivity contribution in [3.8, 4) is 0 Å². The Morgan fingerprint density at radius 1 is 1.14 bits per heavy atom. The van der Waals surface area contributed by atoms with E-state index < -0.39 is 11.7 Å². The SMILES string of the molecule is CN1CCN(CCC(=O)Nc2ccc(C(F)(F)F)cc2)CC1. The molecule has 0 radical (unpaired) electrons. The molecule has 1 aliphatic rings. The highest BCUT2D eigenvalue weighted by Gasteiger charge is 2.29. The number of halogens is 3. The molecule has 0 saturated carbocycles. The molecule has 0 atom stereocenters. The molecule has 1 aliphatic heterocycles. The van der Waals surface area contributed by atoms with Crippen LogP contribution in [0.3, 0.4) is 0 Å². The van der Waals surface area contributed by atoms with Gasteiger partial charge in [-0.2, -0.15) is 13.2 Å². The lowest BCUT2D eigenvalue weighted by molar-refractivity contribution is -0.137. The van der Waals surface area contributed by atoms with Crippen molar-refractivity contribution in [2.24, 2.45) is 0 Å². The molecular weight excluding hydrogens is 295 g/mol. The van der Waals surface area contributed by atoms with Crippen molar-refractivity contribution in [2.75, 3.05) is 45.1 Å². The summed E-state index contributed by atoms with van der Waals surface area (Å²) in [6.45, 7) is 4.51. The van der Waals surface area contributed by atoms with Crippen molar-refractivity contribution < 1.29 is 18.0 Å². The minimum Gasteiger partial charge on any atom is -0.326 e. The molecular formula is C15H20F3N3O. The van der Waals surface area contributed by atoms with Crippen LogP contribution < -0.4 is 5.32 Å². The first-order chi connectivity index (χ1) is 10.3. The van der Waals surface area contributed by atoms with Gasteiger partial charge in [-0.15, -0.1) is 0 Å². The molecule has 1 aromatic rings. The first-order valence-corrected chi connectivity index (χ1v) is 7.22. The van der Waals surface area contributed by atoms with Crippen LogP contribution in [0.4, 0.5) is 18.9 Å². The van der Waals surface area contributed by atoms with E-state index in [4.69, 9.17) is 0 Å². The van der Waals surface area contributed by atoms with Gasteiger partial charge in [-0.05, 0) is 31.3 Å². The average Bonchev–Trinajstić information content (AvgIpc) is 2.46. The minimum absolute atomic E-state index is 0.182. The fraction of sp³-hybridized carbons (Fsp3) is 0.533. The van der Waals surface area contributed by atoms with Gasteiger partial charge >= 0.3 is 6.18 Å². The molecule has 1 heterocycles. The number of rotatable bonds is 4. The summed E-state index contributed by atoms with van der Waals surface area (Å²) in [5, 5.41) is 2.63. The van der Waals surface area contributed by atoms with Crippen molar-refractivity contribution in [1.82, 2.24) is 9.80 Å². The van der Waals surface area contributed by atoms with Crippen LogP contribution in [0.1, 0.15) is 12.0 Å². The van der Waals surface area contributed by atoms with Gasteiger partial charge in [0, 0.05) is 44.8 Å². The molecule has 1 saturated heterocycles. The molecule has 1 fully saturated rings. The van der Waals surface area contributed by atoms with Gasteiger partial charge in [0.2, 0.25) is 5.91 Å². The third-order valence-corrected chi connectivity index (χ3v) is 3.75. The summed E-state index contributed by atoms with van der Waals surface area (Å²) >= 11 is 0. The Morgan fingerprint density at radius 2 is 1.73 bits per heavy atom. The Kier molecular flexibility index (Phi) is 5.42. The number of hydrogen-bond donors (Lipinski definition) is 1. The fourth-order valence-corrected chi connectivity index (χ4v) is 2.30. The van der Waals surface area contributed by atoms with Crippen LogP contribution in [-0.4, -0.2) is 55.5 Å². The lowest BCUT2D eigenvalue weighted by atomic mass is 10.2. The Labute approximate surface area is 127 Å². The molecule has 1 amide bonds. The zero-order valence-corrected chi connectivity index (χ0v) is 12.5. The van der Waals surface area contributed by atoms with Crippen LogP contribution in [0.15, 0.2) is 24.3 Å². The highest BCUT2D eigenvalue weighted by molar-refractivity contribution is 5.90. The molecule has 2 rings (SSSR count). The van der Waals surface area contributed by atoms with Crippen molar-refractivity contribution in [1.29, 1.82) is 0 Å². The topological polar surface area (TPSA) is 35.6 Å². The summed E-state index contributed by atoms with van der Waals surface area (Å²) in [5.74, 6) is -0.182. The first-order valence-electron chi connectivity index (χ1n) is 7.22. The number of alkyl halides is 3. The second-order valence-corrected chi connectivity index (χ2v) is 5.52. The smallest absolute Gasteiger partial charge is 0.326 e. The number of nitrogens with zero attached hydrogens (tertiary/aromatic N) is 2. The van der Waals surface area contributed by atoms with E-state index in [0.717, 1.165) is 38.3 Å². The number of likely N-dealkylation sites (N-methyl/N-ethyl adjacent to an activating group) is 1. The first kappa shape index (κ1) is 16.8. The highest BCUT2D eigenvalue weighted by Crippen LogP contribution is 2.29. The zero-order valence-electron chi connectivity index (χ0n) is 12.5. The van der Waals surface area contributed by atoms with Crippen LogP contribution in [0.2, 0.25) is 0 Å². The monoisotopic (exact) mass is 315 g/mol. The molecule has 0 aliphatic carbocycles. The Balaban J connectivity index is 1.77. The van der Waals surface area contributed by atoms with Gasteiger partial charge in [-0.1, -0.05) is 0 Å². The van der Waals surface area contributed by atoms with Gasteiger partial charge in [0.1, 0.15) is 0 Å². The quantitative estimate of drug-likeness (QED) is 0.926. The van der Waals surface area contributed by atoms with Crippen molar-refractivity contribution in [3.63, 3.8) is 0 Å². The fourth-order valence-electron chi connectivity index (χ4n) is 2.30. The molecule has 0 spiro atoms. The van der Waals surface area contributed by atoms with Crippen LogP contribution in [0.5, 0.6) is 0 Å². The van der Waals surface area contributed by atoms with Gasteiger partial charge in [0.25, 0.3) is 0 Å². The van der Waals surface area contributed by atoms with E-state index in [1.807, 2.05) is 0 Å². The zero-order chi connectivity index (χ0) is 16.2. The molecule has 0 unspecified atom stereocenters. The molecule has 0 aromatic heterocycles. The highest BCUT2D eigenvalue weighted by atomic mass is 19.4. The molecule has 1 aromatic carbocycles. The summed E-state index contributed by atoms with van der Waals surface area (Å²) < 4.78 is 37.3. The maximum atomic E-state index is 12.4. The number of piperazine rings is 1. The molecule has 1 N–H and O–H groups in total. The van der Waals surface area contributed by atoms with E-state index in [1.165, 1.54) is 12.1 Å². The van der Waals surface area contributed by atoms with Crippen molar-refractivity contribution >= 4 is 11.6 Å². The summed E-state index contributed by atoms with van der Waals surface area (Å²) in [6, 6.07) is 4.49. The maximum absolute atomic E-state index is 12.4. The molecule has 4 nitrogen and oxygen atoms in total. The Morgan fingerprint density at radius 3 is 2.27 bits per heavy atom. The normalized spacial score (nSPS) is 17.5. The van der Waals surface area contributed by atoms with E-state index in [0.29, 0.717) is 18.7 Å². The molecule has 22 heavy (non-hydrogen) atoms. The summed E-state index contributed by atoms with van der Waals surface area (Å²) in [5.41, 5.74) is -0.334. The second-order valence-electron chi connectivity index (χ2n) is 5.52. The standard InChI is InChI=1S/C15H20F3N3O/c1-20-8-10-21(11-9-20)7-6-14(22)19-13-4-2-12(3-5-13)15(16,17)18/h2-5H,6-11H2,1H3,(H,19,22). The predicted molar refractivity (Wildman–Crippen MR) is 78.6 cm³/mol. The van der Waals surface area contributed by atoms with E-state index in [1.54, 1.807) is 0 Å². The summed E-state index contributed by atoms with van der Waals surface area (Å²) in [4.78, 5) is 16.3. The van der Waals surface area contributed by atoms with E-state index in [9.17, 15) is 18.0 Å². The summed E-state index contributed by atoms with van der Waals surface area (Å²) in [7, 11) is 2.06. The average molecular weight is 315 g/mol. The number of nitrogens with one attached hydrogen (secondary N) is 1. The lowest BCUT2D eigenvalue weighted by Crippen LogP contribution is -2.45. The molecule has 122 valence electrons. The van der Waals surface area contributed by atoms with Gasteiger partial charge < -0.3 is 15.1 Å². The van der Waals surface area contributed by atoms with E-state index >= 15 is 0 Å². The van der Waals surface area contributed by atoms with Gasteiger partial charge in [0.05, 0.1) is 5.56 Å². The lowest BCUT2D eigenvalue weighted by Gasteiger charge is -2.32. The number of carbonyl (C=O) groups excluding carboxylic acids is 1. The Hall–Kier alpha value is -1.60. The number of anilines is 1. The van der Waals surface area contributed by atoms with Crippen LogP contribution in [-0.2, 0) is 11.0 Å². The minimum atomic E-state index is -4.36. The number of benzene rings is 1. The Bertz CT molecular complexity index is 494. The third-order valence-electron chi connectivity index (χ3n) is 3.75. The summed E-state index contributed by atoms with van der Waals surface area (Å²) in [6.07, 6.45) is -4.02. The number of amides is 1. The molecule has 0 bridgehead atoms. The van der Waals surface area contributed by atoms with Gasteiger partial charge in [0.15, 0.2) is 0 Å². The largest absolute Gasteiger partial charge is 0.416 e. The maximum Gasteiger partial charge on any atom is 0.416 e. The van der Waals surface area contributed by atoms with Crippen LogP contribution in [0.25, 0.3) is 0 Å². The van der Waals surface area contributed by atoms with Gasteiger partial charge in [-0.25, -0.2) is 0 Å². The van der Waals surface area contributed by atoms with E-state index in [-0.39, 0.29) is 5.91 Å².